The number of nitrogen functional groups attached to an aromatic ring is 1. The molecule has 7 heteroatoms. The highest BCUT2D eigenvalue weighted by Crippen LogP contribution is 2.26. The molecule has 0 atom stereocenters. The number of anilines is 2. The third-order valence-electron chi connectivity index (χ3n) is 2.98. The van der Waals surface area contributed by atoms with Gasteiger partial charge in [-0.15, -0.1) is 0 Å². The second-order valence-electron chi connectivity index (χ2n) is 4.49. The molecule has 0 radical (unpaired) electrons. The first-order chi connectivity index (χ1) is 8.81. The van der Waals surface area contributed by atoms with E-state index in [0.717, 1.165) is 11.1 Å². The highest BCUT2D eigenvalue weighted by atomic mass is 32.2. The summed E-state index contributed by atoms with van der Waals surface area (Å²) in [6.07, 6.45) is 1.27. The van der Waals surface area contributed by atoms with Crippen molar-refractivity contribution in [2.75, 3.05) is 10.5 Å². The summed E-state index contributed by atoms with van der Waals surface area (Å²) < 4.78 is 26.9. The van der Waals surface area contributed by atoms with Crippen LogP contribution >= 0.6 is 0 Å². The Hall–Kier alpha value is -2.02. The molecule has 4 N–H and O–H groups in total. The Morgan fingerprint density at radius 2 is 1.84 bits per heavy atom. The van der Waals surface area contributed by atoms with Crippen LogP contribution in [0, 0.1) is 20.8 Å². The zero-order valence-electron chi connectivity index (χ0n) is 11.0. The normalized spacial score (nSPS) is 11.5. The van der Waals surface area contributed by atoms with Gasteiger partial charge in [-0.3, -0.25) is 9.82 Å². The molecule has 0 saturated carbocycles. The Bertz CT molecular complexity index is 719. The molecular formula is C12H16N4O2S. The van der Waals surface area contributed by atoms with Gasteiger partial charge in [0.05, 0.1) is 23.3 Å². The molecule has 0 unspecified atom stereocenters. The van der Waals surface area contributed by atoms with Crippen LogP contribution in [0.5, 0.6) is 0 Å². The average molecular weight is 280 g/mol. The molecular weight excluding hydrogens is 264 g/mol. The maximum atomic E-state index is 12.2. The minimum atomic E-state index is -3.68. The van der Waals surface area contributed by atoms with Crippen molar-refractivity contribution in [3.8, 4) is 0 Å². The zero-order chi connectivity index (χ0) is 14.2. The Morgan fingerprint density at radius 3 is 2.42 bits per heavy atom. The number of sulfonamides is 1. The number of aromatic nitrogens is 2. The highest BCUT2D eigenvalue weighted by Gasteiger charge is 2.19. The van der Waals surface area contributed by atoms with E-state index in [1.807, 2.05) is 13.8 Å². The van der Waals surface area contributed by atoms with Crippen molar-refractivity contribution in [3.63, 3.8) is 0 Å². The molecule has 0 amide bonds. The Morgan fingerprint density at radius 1 is 1.21 bits per heavy atom. The molecule has 19 heavy (non-hydrogen) atoms. The molecule has 0 aliphatic heterocycles. The Labute approximate surface area is 112 Å². The van der Waals surface area contributed by atoms with E-state index in [0.29, 0.717) is 17.1 Å². The van der Waals surface area contributed by atoms with Gasteiger partial charge in [0.25, 0.3) is 10.0 Å². The third-order valence-corrected chi connectivity index (χ3v) is 4.46. The van der Waals surface area contributed by atoms with Gasteiger partial charge >= 0.3 is 0 Å². The van der Waals surface area contributed by atoms with E-state index in [4.69, 9.17) is 5.73 Å². The first kappa shape index (κ1) is 13.4. The lowest BCUT2D eigenvalue weighted by Gasteiger charge is -2.12. The number of nitrogens with two attached hydrogens (primary N) is 1. The summed E-state index contributed by atoms with van der Waals surface area (Å²) in [5.41, 5.74) is 9.08. The third kappa shape index (κ3) is 2.55. The maximum absolute atomic E-state index is 12.2. The molecule has 102 valence electrons. The van der Waals surface area contributed by atoms with E-state index >= 15 is 0 Å². The van der Waals surface area contributed by atoms with Gasteiger partial charge < -0.3 is 5.73 Å². The van der Waals surface area contributed by atoms with Crippen molar-refractivity contribution in [2.24, 2.45) is 0 Å². The molecule has 0 spiro atoms. The summed E-state index contributed by atoms with van der Waals surface area (Å²) in [4.78, 5) is 0.116. The van der Waals surface area contributed by atoms with Crippen molar-refractivity contribution in [1.29, 1.82) is 0 Å². The largest absolute Gasteiger partial charge is 0.397 e. The molecule has 0 aliphatic rings. The molecule has 2 aromatic rings. The fraction of sp³-hybridized carbons (Fsp3) is 0.250. The van der Waals surface area contributed by atoms with Gasteiger partial charge in [-0.1, -0.05) is 0 Å². The fourth-order valence-electron chi connectivity index (χ4n) is 1.74. The number of aromatic amines is 1. The van der Waals surface area contributed by atoms with E-state index in [1.165, 1.54) is 6.20 Å². The molecule has 0 bridgehead atoms. The van der Waals surface area contributed by atoms with Gasteiger partial charge in [0.1, 0.15) is 4.90 Å². The topological polar surface area (TPSA) is 101 Å². The second-order valence-corrected chi connectivity index (χ2v) is 6.14. The summed E-state index contributed by atoms with van der Waals surface area (Å²) in [5, 5.41) is 6.30. The SMILES string of the molecule is Cc1cc(N)c(NS(=O)(=O)c2cn[nH]c2C)cc1C. The summed E-state index contributed by atoms with van der Waals surface area (Å²) in [6.45, 7) is 5.46. The van der Waals surface area contributed by atoms with Crippen molar-refractivity contribution in [3.05, 3.63) is 35.2 Å². The minimum absolute atomic E-state index is 0.116. The average Bonchev–Trinajstić information content (AvgIpc) is 2.73. The van der Waals surface area contributed by atoms with Crippen LogP contribution < -0.4 is 10.5 Å². The van der Waals surface area contributed by atoms with E-state index in [1.54, 1.807) is 19.1 Å². The number of nitrogens with zero attached hydrogens (tertiary/aromatic N) is 1. The molecule has 0 fully saturated rings. The molecule has 0 saturated heterocycles. The number of H-pyrrole nitrogens is 1. The second kappa shape index (κ2) is 4.58. The van der Waals surface area contributed by atoms with Crippen LogP contribution in [0.1, 0.15) is 16.8 Å². The van der Waals surface area contributed by atoms with Gasteiger partial charge in [0, 0.05) is 0 Å². The summed E-state index contributed by atoms with van der Waals surface area (Å²) in [7, 11) is -3.68. The van der Waals surface area contributed by atoms with E-state index in [2.05, 4.69) is 14.9 Å². The smallest absolute Gasteiger partial charge is 0.265 e. The summed E-state index contributed by atoms with van der Waals surface area (Å²) in [5.74, 6) is 0. The van der Waals surface area contributed by atoms with Crippen molar-refractivity contribution in [2.45, 2.75) is 25.7 Å². The fourth-order valence-corrected chi connectivity index (χ4v) is 2.95. The lowest BCUT2D eigenvalue weighted by Crippen LogP contribution is -2.15. The molecule has 1 aromatic carbocycles. The molecule has 1 aromatic heterocycles. The minimum Gasteiger partial charge on any atom is -0.397 e. The monoisotopic (exact) mass is 280 g/mol. The van der Waals surface area contributed by atoms with Crippen LogP contribution in [-0.4, -0.2) is 18.6 Å². The number of benzene rings is 1. The van der Waals surface area contributed by atoms with Crippen LogP contribution in [0.4, 0.5) is 11.4 Å². The molecule has 0 aliphatic carbocycles. The lowest BCUT2D eigenvalue weighted by atomic mass is 10.1. The number of nitrogens with one attached hydrogen (secondary N) is 2. The Kier molecular flexibility index (Phi) is 3.23. The van der Waals surface area contributed by atoms with E-state index < -0.39 is 10.0 Å². The van der Waals surface area contributed by atoms with Crippen LogP contribution in [0.15, 0.2) is 23.2 Å². The molecule has 2 rings (SSSR count). The van der Waals surface area contributed by atoms with Crippen molar-refractivity contribution < 1.29 is 8.42 Å². The van der Waals surface area contributed by atoms with Crippen LogP contribution in [0.3, 0.4) is 0 Å². The van der Waals surface area contributed by atoms with Gasteiger partial charge in [0.15, 0.2) is 0 Å². The predicted octanol–water partition coefficient (Wildman–Crippen LogP) is 1.72. The van der Waals surface area contributed by atoms with Gasteiger partial charge in [-0.05, 0) is 44.0 Å². The quantitative estimate of drug-likeness (QED) is 0.745. The number of rotatable bonds is 3. The number of aryl methyl sites for hydroxylation is 3. The maximum Gasteiger partial charge on any atom is 0.265 e. The number of hydrogen-bond acceptors (Lipinski definition) is 4. The molecule has 1 heterocycles. The predicted molar refractivity (Wildman–Crippen MR) is 74.5 cm³/mol. The number of hydrogen-bond donors (Lipinski definition) is 3. The summed E-state index contributed by atoms with van der Waals surface area (Å²) in [6, 6.07) is 3.47. The first-order valence-electron chi connectivity index (χ1n) is 5.71. The van der Waals surface area contributed by atoms with E-state index in [9.17, 15) is 8.42 Å². The van der Waals surface area contributed by atoms with Gasteiger partial charge in [-0.25, -0.2) is 8.42 Å². The zero-order valence-corrected chi connectivity index (χ0v) is 11.8. The Balaban J connectivity index is 2.42. The first-order valence-corrected chi connectivity index (χ1v) is 7.19. The van der Waals surface area contributed by atoms with E-state index in [-0.39, 0.29) is 4.90 Å². The van der Waals surface area contributed by atoms with Crippen LogP contribution in [0.2, 0.25) is 0 Å². The highest BCUT2D eigenvalue weighted by molar-refractivity contribution is 7.92. The van der Waals surface area contributed by atoms with Crippen LogP contribution in [0.25, 0.3) is 0 Å². The standard InChI is InChI=1S/C12H16N4O2S/c1-7-4-10(13)11(5-8(7)2)16-19(17,18)12-6-14-15-9(12)3/h4-6,16H,13H2,1-3H3,(H,14,15). The summed E-state index contributed by atoms with van der Waals surface area (Å²) >= 11 is 0. The lowest BCUT2D eigenvalue weighted by molar-refractivity contribution is 0.600. The van der Waals surface area contributed by atoms with Crippen molar-refractivity contribution >= 4 is 21.4 Å². The van der Waals surface area contributed by atoms with Crippen LogP contribution in [-0.2, 0) is 10.0 Å². The van der Waals surface area contributed by atoms with Gasteiger partial charge in [-0.2, -0.15) is 5.10 Å². The van der Waals surface area contributed by atoms with Gasteiger partial charge in [0.2, 0.25) is 0 Å². The molecule has 6 nitrogen and oxygen atoms in total. The van der Waals surface area contributed by atoms with Crippen molar-refractivity contribution in [1.82, 2.24) is 10.2 Å².